The van der Waals surface area contributed by atoms with Gasteiger partial charge < -0.3 is 5.73 Å². The van der Waals surface area contributed by atoms with Gasteiger partial charge in [-0.3, -0.25) is 0 Å². The van der Waals surface area contributed by atoms with Crippen LogP contribution in [0.3, 0.4) is 0 Å². The van der Waals surface area contributed by atoms with Crippen molar-refractivity contribution in [3.8, 4) is 0 Å². The molecule has 3 N–H and O–H groups in total. The molecule has 0 fully saturated rings. The van der Waals surface area contributed by atoms with Crippen LogP contribution in [0.15, 0.2) is 28.0 Å². The summed E-state index contributed by atoms with van der Waals surface area (Å²) in [6, 6.07) is 4.05. The van der Waals surface area contributed by atoms with Gasteiger partial charge in [0.15, 0.2) is 9.84 Å². The Bertz CT molecular complexity index is 651. The molecule has 0 bridgehead atoms. The molecule has 8 heteroatoms. The minimum atomic E-state index is -3.72. The Morgan fingerprint density at radius 2 is 1.84 bits per heavy atom. The number of sulfone groups is 1. The van der Waals surface area contributed by atoms with Crippen LogP contribution >= 0.6 is 0 Å². The summed E-state index contributed by atoms with van der Waals surface area (Å²) >= 11 is 0. The van der Waals surface area contributed by atoms with Crippen molar-refractivity contribution in [3.05, 3.63) is 23.8 Å². The maximum atomic E-state index is 12.1. The van der Waals surface area contributed by atoms with Gasteiger partial charge in [-0.15, -0.1) is 0 Å². The lowest BCUT2D eigenvalue weighted by molar-refractivity contribution is 0.578. The van der Waals surface area contributed by atoms with Crippen LogP contribution in [0.5, 0.6) is 0 Å². The first kappa shape index (κ1) is 16.1. The molecule has 0 heterocycles. The molecule has 0 amide bonds. The number of rotatable bonds is 6. The molecule has 0 atom stereocenters. The second-order valence-corrected chi connectivity index (χ2v) is 7.99. The van der Waals surface area contributed by atoms with Crippen LogP contribution in [-0.4, -0.2) is 36.2 Å². The van der Waals surface area contributed by atoms with E-state index in [1.807, 2.05) is 0 Å². The maximum absolute atomic E-state index is 12.1. The highest BCUT2D eigenvalue weighted by atomic mass is 32.2. The Morgan fingerprint density at radius 1 is 1.21 bits per heavy atom. The maximum Gasteiger partial charge on any atom is 0.240 e. The quantitative estimate of drug-likeness (QED) is 0.721. The molecular formula is C11H18N2O4S2. The van der Waals surface area contributed by atoms with E-state index in [1.54, 1.807) is 6.92 Å². The van der Waals surface area contributed by atoms with Crippen LogP contribution in [0, 0.1) is 6.92 Å². The molecule has 0 aliphatic rings. The van der Waals surface area contributed by atoms with Crippen molar-refractivity contribution >= 4 is 19.9 Å². The van der Waals surface area contributed by atoms with Gasteiger partial charge in [-0.05, 0) is 37.6 Å². The van der Waals surface area contributed by atoms with Crippen LogP contribution in [0.25, 0.3) is 0 Å². The van der Waals surface area contributed by atoms with Gasteiger partial charge in [0.05, 0.1) is 9.79 Å². The normalized spacial score (nSPS) is 12.6. The molecule has 1 aromatic carbocycles. The van der Waals surface area contributed by atoms with E-state index in [0.717, 1.165) is 6.26 Å². The molecule has 1 rings (SSSR count). The highest BCUT2D eigenvalue weighted by Crippen LogP contribution is 2.19. The number of aryl methyl sites for hydroxylation is 1. The number of hydrogen-bond acceptors (Lipinski definition) is 5. The van der Waals surface area contributed by atoms with Gasteiger partial charge in [-0.1, -0.05) is 6.07 Å². The number of benzene rings is 1. The molecule has 6 nitrogen and oxygen atoms in total. The van der Waals surface area contributed by atoms with E-state index in [-0.39, 0.29) is 16.3 Å². The molecule has 0 aliphatic heterocycles. The molecule has 108 valence electrons. The Morgan fingerprint density at radius 3 is 2.37 bits per heavy atom. The van der Waals surface area contributed by atoms with Gasteiger partial charge in [0.2, 0.25) is 10.0 Å². The van der Waals surface area contributed by atoms with Crippen LogP contribution in [0.1, 0.15) is 12.0 Å². The van der Waals surface area contributed by atoms with Crippen LogP contribution in [-0.2, 0) is 19.9 Å². The molecule has 0 aromatic heterocycles. The van der Waals surface area contributed by atoms with Crippen molar-refractivity contribution in [2.75, 3.05) is 19.3 Å². The summed E-state index contributed by atoms with van der Waals surface area (Å²) in [6.07, 6.45) is 1.56. The zero-order chi connectivity index (χ0) is 14.7. The van der Waals surface area contributed by atoms with E-state index >= 15 is 0 Å². The molecule has 0 radical (unpaired) electrons. The SMILES string of the molecule is Cc1ccc(S(C)(=O)=O)cc1S(=O)(=O)NCCCN. The molecule has 0 spiro atoms. The Kier molecular flexibility index (Phi) is 5.08. The first-order valence-corrected chi connectivity index (χ1v) is 9.06. The third kappa shape index (κ3) is 4.27. The van der Waals surface area contributed by atoms with Crippen molar-refractivity contribution < 1.29 is 16.8 Å². The summed E-state index contributed by atoms with van der Waals surface area (Å²) in [5, 5.41) is 0. The second kappa shape index (κ2) is 6.00. The summed E-state index contributed by atoms with van der Waals surface area (Å²) in [5.74, 6) is 0. The molecule has 1 aromatic rings. The summed E-state index contributed by atoms with van der Waals surface area (Å²) in [6.45, 7) is 2.22. The Hall–Kier alpha value is -0.960. The second-order valence-electron chi connectivity index (χ2n) is 4.24. The average Bonchev–Trinajstić information content (AvgIpc) is 2.27. The van der Waals surface area contributed by atoms with E-state index in [9.17, 15) is 16.8 Å². The monoisotopic (exact) mass is 306 g/mol. The third-order valence-electron chi connectivity index (χ3n) is 2.55. The molecule has 19 heavy (non-hydrogen) atoms. The third-order valence-corrected chi connectivity index (χ3v) is 5.26. The lowest BCUT2D eigenvalue weighted by Crippen LogP contribution is -2.27. The van der Waals surface area contributed by atoms with E-state index < -0.39 is 19.9 Å². The molecule has 0 unspecified atom stereocenters. The van der Waals surface area contributed by atoms with Crippen molar-refractivity contribution in [3.63, 3.8) is 0 Å². The van der Waals surface area contributed by atoms with E-state index in [0.29, 0.717) is 18.5 Å². The number of nitrogens with two attached hydrogens (primary N) is 1. The van der Waals surface area contributed by atoms with Crippen molar-refractivity contribution in [1.82, 2.24) is 4.72 Å². The van der Waals surface area contributed by atoms with Crippen LogP contribution < -0.4 is 10.5 Å². The van der Waals surface area contributed by atoms with Crippen LogP contribution in [0.4, 0.5) is 0 Å². The fourth-order valence-electron chi connectivity index (χ4n) is 1.49. The van der Waals surface area contributed by atoms with Gasteiger partial charge in [0, 0.05) is 12.8 Å². The van der Waals surface area contributed by atoms with Crippen molar-refractivity contribution in [1.29, 1.82) is 0 Å². The smallest absolute Gasteiger partial charge is 0.240 e. The summed E-state index contributed by atoms with van der Waals surface area (Å²) in [7, 11) is -7.16. The lowest BCUT2D eigenvalue weighted by Gasteiger charge is -2.10. The van der Waals surface area contributed by atoms with E-state index in [1.165, 1.54) is 18.2 Å². The number of nitrogens with one attached hydrogen (secondary N) is 1. The topological polar surface area (TPSA) is 106 Å². The van der Waals surface area contributed by atoms with Crippen molar-refractivity contribution in [2.24, 2.45) is 5.73 Å². The fraction of sp³-hybridized carbons (Fsp3) is 0.455. The highest BCUT2D eigenvalue weighted by molar-refractivity contribution is 7.91. The number of hydrogen-bond donors (Lipinski definition) is 2. The first-order chi connectivity index (χ1) is 8.68. The summed E-state index contributed by atoms with van der Waals surface area (Å²) < 4.78 is 49.4. The van der Waals surface area contributed by atoms with Crippen LogP contribution in [0.2, 0.25) is 0 Å². The van der Waals surface area contributed by atoms with Gasteiger partial charge >= 0.3 is 0 Å². The van der Waals surface area contributed by atoms with Gasteiger partial charge in [-0.25, -0.2) is 21.6 Å². The van der Waals surface area contributed by atoms with Crippen molar-refractivity contribution in [2.45, 2.75) is 23.1 Å². The van der Waals surface area contributed by atoms with Gasteiger partial charge in [0.1, 0.15) is 0 Å². The zero-order valence-electron chi connectivity index (χ0n) is 10.9. The molecular weight excluding hydrogens is 288 g/mol. The van der Waals surface area contributed by atoms with Gasteiger partial charge in [-0.2, -0.15) is 0 Å². The molecule has 0 aliphatic carbocycles. The predicted octanol–water partition coefficient (Wildman–Crippen LogP) is 0.0256. The Labute approximate surface area is 114 Å². The summed E-state index contributed by atoms with van der Waals surface area (Å²) in [5.41, 5.74) is 5.79. The number of sulfonamides is 1. The van der Waals surface area contributed by atoms with E-state index in [4.69, 9.17) is 5.73 Å². The largest absolute Gasteiger partial charge is 0.330 e. The zero-order valence-corrected chi connectivity index (χ0v) is 12.5. The minimum absolute atomic E-state index is 0.0164. The minimum Gasteiger partial charge on any atom is -0.330 e. The Balaban J connectivity index is 3.19. The first-order valence-electron chi connectivity index (χ1n) is 5.69. The molecule has 0 saturated carbocycles. The van der Waals surface area contributed by atoms with E-state index in [2.05, 4.69) is 4.72 Å². The highest BCUT2D eigenvalue weighted by Gasteiger charge is 2.19. The predicted molar refractivity (Wildman–Crippen MR) is 73.1 cm³/mol. The summed E-state index contributed by atoms with van der Waals surface area (Å²) in [4.78, 5) is -0.0373. The lowest BCUT2D eigenvalue weighted by atomic mass is 10.2. The average molecular weight is 306 g/mol. The van der Waals surface area contributed by atoms with Gasteiger partial charge in [0.25, 0.3) is 0 Å². The molecule has 0 saturated heterocycles. The fourth-order valence-corrected chi connectivity index (χ4v) is 3.55. The standard InChI is InChI=1S/C11H18N2O4S2/c1-9-4-5-10(18(2,14)15)8-11(9)19(16,17)13-7-3-6-12/h4-5,8,13H,3,6-7,12H2,1-2H3.